The van der Waals surface area contributed by atoms with Crippen LogP contribution >= 0.6 is 11.8 Å². The molecule has 1 heterocycles. The molecule has 0 spiro atoms. The molecule has 1 rings (SSSR count). The smallest absolute Gasteiger partial charge is 0.0609 e. The van der Waals surface area contributed by atoms with E-state index >= 15 is 0 Å². The summed E-state index contributed by atoms with van der Waals surface area (Å²) in [6.07, 6.45) is 1.43. The summed E-state index contributed by atoms with van der Waals surface area (Å²) < 4.78 is 0. The Balaban J connectivity index is 0.000000105. The summed E-state index contributed by atoms with van der Waals surface area (Å²) in [4.78, 5) is 0. The van der Waals surface area contributed by atoms with E-state index in [9.17, 15) is 0 Å². The average Bonchev–Trinajstić information content (AvgIpc) is 2.47. The lowest BCUT2D eigenvalue weighted by Crippen LogP contribution is -1.62. The normalized spacial score (nSPS) is 13.9. The molecule has 0 radical (unpaired) electrons. The maximum atomic E-state index is 7.76. The average molecular weight is 118 g/mol. The maximum Gasteiger partial charge on any atom is 0.0609 e. The Kier molecular flexibility index (Phi) is 6.09. The van der Waals surface area contributed by atoms with Crippen molar-refractivity contribution in [3.8, 4) is 0 Å². The van der Waals surface area contributed by atoms with Crippen molar-refractivity contribution in [1.82, 2.24) is 0 Å². The lowest BCUT2D eigenvalue weighted by Gasteiger charge is -1.60. The minimum atomic E-state index is 0.0833. The summed E-state index contributed by atoms with van der Waals surface area (Å²) in [5.41, 5.74) is 0. The first-order valence-electron chi connectivity index (χ1n) is 2.21. The highest BCUT2D eigenvalue weighted by atomic mass is 32.2. The Hall–Kier alpha value is 0.0500. The summed E-state index contributed by atoms with van der Waals surface area (Å²) in [6.45, 7) is 3.31. The molecule has 0 saturated carbocycles. The zero-order valence-corrected chi connectivity index (χ0v) is 5.08. The Morgan fingerprint density at radius 3 is 2.00 bits per heavy atom. The highest BCUT2D eigenvalue weighted by molar-refractivity contribution is 8.06. The Labute approximate surface area is 48.4 Å². The summed E-state index contributed by atoms with van der Waals surface area (Å²) in [5, 5.41) is 7.76. The molecule has 0 aromatic heterocycles. The predicted octanol–water partition coefficient (Wildman–Crippen LogP) is 0.898. The van der Waals surface area contributed by atoms with Crippen LogP contribution in [-0.4, -0.2) is 23.2 Å². The first kappa shape index (κ1) is 7.05. The zero-order chi connectivity index (χ0) is 5.54. The van der Waals surface area contributed by atoms with Gasteiger partial charge in [-0.1, -0.05) is 6.08 Å². The molecule has 0 aromatic carbocycles. The first-order valence-corrected chi connectivity index (χ1v) is 3.36. The van der Waals surface area contributed by atoms with E-state index in [0.717, 1.165) is 0 Å². The molecular weight excluding hydrogens is 108 g/mol. The molecule has 1 N–H and O–H groups in total. The topological polar surface area (TPSA) is 20.2 Å². The van der Waals surface area contributed by atoms with Gasteiger partial charge in [0, 0.05) is 11.5 Å². The molecule has 0 atom stereocenters. The van der Waals surface area contributed by atoms with Gasteiger partial charge in [-0.3, -0.25) is 0 Å². The first-order chi connectivity index (χ1) is 3.41. The third kappa shape index (κ3) is 23.6. The number of aliphatic hydroxyl groups is 1. The van der Waals surface area contributed by atoms with E-state index in [1.807, 2.05) is 11.8 Å². The van der Waals surface area contributed by atoms with E-state index < -0.39 is 0 Å². The van der Waals surface area contributed by atoms with Crippen LogP contribution in [0, 0.1) is 0 Å². The number of hydrogen-bond acceptors (Lipinski definition) is 2. The molecule has 0 bridgehead atoms. The van der Waals surface area contributed by atoms with Crippen molar-refractivity contribution in [1.29, 1.82) is 0 Å². The predicted molar refractivity (Wildman–Crippen MR) is 34.6 cm³/mol. The summed E-state index contributed by atoms with van der Waals surface area (Å²) in [7, 11) is 0. The van der Waals surface area contributed by atoms with Gasteiger partial charge >= 0.3 is 0 Å². The van der Waals surface area contributed by atoms with Crippen molar-refractivity contribution in [3.05, 3.63) is 12.7 Å². The monoisotopic (exact) mass is 118 g/mol. The fourth-order valence-electron chi connectivity index (χ4n) is 0. The minimum absolute atomic E-state index is 0.0833. The van der Waals surface area contributed by atoms with Gasteiger partial charge in [0.15, 0.2) is 0 Å². The van der Waals surface area contributed by atoms with Gasteiger partial charge in [0.25, 0.3) is 0 Å². The van der Waals surface area contributed by atoms with E-state index in [4.69, 9.17) is 5.11 Å². The van der Waals surface area contributed by atoms with E-state index in [2.05, 4.69) is 6.58 Å². The largest absolute Gasteiger partial charge is 0.392 e. The van der Waals surface area contributed by atoms with Gasteiger partial charge in [-0.25, -0.2) is 0 Å². The number of rotatable bonds is 1. The molecule has 42 valence electrons. The van der Waals surface area contributed by atoms with Crippen LogP contribution in [0.4, 0.5) is 0 Å². The van der Waals surface area contributed by atoms with Gasteiger partial charge in [0.1, 0.15) is 0 Å². The third-order valence-electron chi connectivity index (χ3n) is 0.333. The van der Waals surface area contributed by atoms with E-state index in [1.165, 1.54) is 17.6 Å². The Morgan fingerprint density at radius 2 is 2.00 bits per heavy atom. The second-order valence-corrected chi connectivity index (χ2v) is 2.31. The fraction of sp³-hybridized carbons (Fsp3) is 0.600. The molecule has 1 aliphatic heterocycles. The lowest BCUT2D eigenvalue weighted by molar-refractivity contribution is 0.343. The SMILES string of the molecule is C1CS1.C=CCO. The maximum absolute atomic E-state index is 7.76. The zero-order valence-electron chi connectivity index (χ0n) is 4.26. The van der Waals surface area contributed by atoms with Gasteiger partial charge in [-0.2, -0.15) is 11.8 Å². The number of aliphatic hydroxyl groups excluding tert-OH is 1. The quantitative estimate of drug-likeness (QED) is 0.408. The van der Waals surface area contributed by atoms with Crippen molar-refractivity contribution in [2.75, 3.05) is 18.1 Å². The highest BCUT2D eigenvalue weighted by Crippen LogP contribution is 2.14. The Bertz CT molecular complexity index is 40.6. The van der Waals surface area contributed by atoms with Gasteiger partial charge in [-0.05, 0) is 0 Å². The van der Waals surface area contributed by atoms with Crippen molar-refractivity contribution in [2.45, 2.75) is 0 Å². The van der Waals surface area contributed by atoms with Crippen LogP contribution in [0.25, 0.3) is 0 Å². The second kappa shape index (κ2) is 6.05. The van der Waals surface area contributed by atoms with Crippen molar-refractivity contribution < 1.29 is 5.11 Å². The summed E-state index contributed by atoms with van der Waals surface area (Å²) in [5.74, 6) is 2.83. The number of thioether (sulfide) groups is 1. The van der Waals surface area contributed by atoms with E-state index in [1.54, 1.807) is 0 Å². The molecule has 1 fully saturated rings. The molecule has 1 nitrogen and oxygen atoms in total. The minimum Gasteiger partial charge on any atom is -0.392 e. The number of hydrogen-bond donors (Lipinski definition) is 1. The van der Waals surface area contributed by atoms with Crippen LogP contribution in [0.15, 0.2) is 12.7 Å². The summed E-state index contributed by atoms with van der Waals surface area (Å²) in [6, 6.07) is 0. The van der Waals surface area contributed by atoms with Gasteiger partial charge in [0.2, 0.25) is 0 Å². The molecule has 0 aliphatic carbocycles. The molecular formula is C5H10OS. The molecule has 0 amide bonds. The van der Waals surface area contributed by atoms with Gasteiger partial charge in [-0.15, -0.1) is 6.58 Å². The molecule has 0 aromatic rings. The van der Waals surface area contributed by atoms with Crippen LogP contribution < -0.4 is 0 Å². The standard InChI is InChI=1S/C3H6O.C2H4S/c1-2-3-4;1-2-3-1/h2,4H,1,3H2;1-2H2. The third-order valence-corrected chi connectivity index (χ3v) is 0.741. The van der Waals surface area contributed by atoms with Crippen molar-refractivity contribution in [2.24, 2.45) is 0 Å². The van der Waals surface area contributed by atoms with Gasteiger partial charge in [0.05, 0.1) is 6.61 Å². The highest BCUT2D eigenvalue weighted by Gasteiger charge is 1.95. The van der Waals surface area contributed by atoms with Crippen LogP contribution in [0.1, 0.15) is 0 Å². The van der Waals surface area contributed by atoms with E-state index in [0.29, 0.717) is 0 Å². The van der Waals surface area contributed by atoms with Gasteiger partial charge < -0.3 is 5.11 Å². The molecule has 7 heavy (non-hydrogen) atoms. The summed E-state index contributed by atoms with van der Waals surface area (Å²) >= 11 is 2.00. The van der Waals surface area contributed by atoms with Crippen molar-refractivity contribution >= 4 is 11.8 Å². The van der Waals surface area contributed by atoms with Crippen molar-refractivity contribution in [3.63, 3.8) is 0 Å². The molecule has 1 aliphatic rings. The van der Waals surface area contributed by atoms with Crippen LogP contribution in [0.5, 0.6) is 0 Å². The second-order valence-electron chi connectivity index (χ2n) is 1.08. The van der Waals surface area contributed by atoms with Crippen LogP contribution in [-0.2, 0) is 0 Å². The van der Waals surface area contributed by atoms with E-state index in [-0.39, 0.29) is 6.61 Å². The van der Waals surface area contributed by atoms with Crippen LogP contribution in [0.3, 0.4) is 0 Å². The molecule has 0 unspecified atom stereocenters. The molecule has 1 saturated heterocycles. The lowest BCUT2D eigenvalue weighted by atomic mass is 10.7. The Morgan fingerprint density at radius 1 is 1.71 bits per heavy atom. The fourth-order valence-corrected chi connectivity index (χ4v) is 0. The van der Waals surface area contributed by atoms with Crippen LogP contribution in [0.2, 0.25) is 0 Å². The molecule has 2 heteroatoms.